The molecule has 6 rings (SSSR count). The fraction of sp³-hybridized carbons (Fsp3) is 0.303. The molecule has 1 amide bonds. The molecule has 44 heavy (non-hydrogen) atoms. The summed E-state index contributed by atoms with van der Waals surface area (Å²) in [5, 5.41) is 1.18. The van der Waals surface area contributed by atoms with E-state index < -0.39 is 11.7 Å². The van der Waals surface area contributed by atoms with Gasteiger partial charge >= 0.3 is 6.18 Å². The Morgan fingerprint density at radius 1 is 1.02 bits per heavy atom. The van der Waals surface area contributed by atoms with Crippen molar-refractivity contribution in [3.63, 3.8) is 0 Å². The van der Waals surface area contributed by atoms with Crippen molar-refractivity contribution in [1.82, 2.24) is 14.5 Å². The number of fused-ring (bicyclic) bond motifs is 1. The van der Waals surface area contributed by atoms with Crippen molar-refractivity contribution in [2.75, 3.05) is 25.0 Å². The molecule has 0 N–H and O–H groups in total. The Bertz CT molecular complexity index is 1710. The molecule has 7 nitrogen and oxygen atoms in total. The highest BCUT2D eigenvalue weighted by Gasteiger charge is 2.31. The number of carbonyl (C=O) groups is 1. The molecule has 0 spiro atoms. The van der Waals surface area contributed by atoms with Gasteiger partial charge in [0.05, 0.1) is 35.6 Å². The number of hydrogen-bond donors (Lipinski definition) is 0. The Balaban J connectivity index is 1.14. The first-order chi connectivity index (χ1) is 21.2. The fourth-order valence-corrected chi connectivity index (χ4v) is 6.55. The van der Waals surface area contributed by atoms with E-state index in [9.17, 15) is 22.8 Å². The molecule has 11 heteroatoms. The predicted octanol–water partition coefficient (Wildman–Crippen LogP) is 6.71. The zero-order valence-electron chi connectivity index (χ0n) is 24.1. The van der Waals surface area contributed by atoms with Gasteiger partial charge in [0.2, 0.25) is 5.91 Å². The first-order valence-electron chi connectivity index (χ1n) is 14.5. The van der Waals surface area contributed by atoms with Crippen LogP contribution < -0.4 is 15.2 Å². The van der Waals surface area contributed by atoms with Crippen molar-refractivity contribution < 1.29 is 22.7 Å². The highest BCUT2D eigenvalue weighted by atomic mass is 32.2. The van der Waals surface area contributed by atoms with Crippen LogP contribution in [0.4, 0.5) is 18.9 Å². The number of rotatable bonds is 8. The Morgan fingerprint density at radius 3 is 2.45 bits per heavy atom. The fourth-order valence-electron chi connectivity index (χ4n) is 5.22. The number of hydrogen-bond acceptors (Lipinski definition) is 6. The number of anilines is 1. The van der Waals surface area contributed by atoms with Gasteiger partial charge in [-0.25, -0.2) is 4.98 Å². The van der Waals surface area contributed by atoms with Gasteiger partial charge in [-0.3, -0.25) is 14.2 Å². The number of amides is 1. The second-order valence-corrected chi connectivity index (χ2v) is 12.3. The second kappa shape index (κ2) is 12.4. The van der Waals surface area contributed by atoms with Gasteiger partial charge in [0.1, 0.15) is 11.5 Å². The number of benzene rings is 3. The molecule has 0 bridgehead atoms. The van der Waals surface area contributed by atoms with Gasteiger partial charge in [0.25, 0.3) is 5.56 Å². The SMILES string of the molecule is CN(CC(=O)N1CCc2nc(SC3CCC3)n(-c3ccccc3)c(=O)c2C1)c1ccc(Oc2cccc(C(F)(F)F)c2)cc1. The van der Waals surface area contributed by atoms with Crippen LogP contribution >= 0.6 is 11.8 Å². The maximum atomic E-state index is 13.9. The molecule has 0 atom stereocenters. The zero-order chi connectivity index (χ0) is 30.8. The summed E-state index contributed by atoms with van der Waals surface area (Å²) in [5.74, 6) is 0.328. The van der Waals surface area contributed by atoms with E-state index in [2.05, 4.69) is 0 Å². The number of halogens is 3. The standard InChI is InChI=1S/C33H31F3N4O3S/c1-38(23-13-15-25(16-14-23)43-26-10-5-7-22(19-26)33(34,35)36)21-30(41)39-18-17-29-28(20-39)31(42)40(24-8-3-2-4-9-24)32(37-29)44-27-11-6-12-27/h2-5,7-10,13-16,19,27H,6,11-12,17-18,20-21H2,1H3. The minimum absolute atomic E-state index is 0.0797. The van der Waals surface area contributed by atoms with Crippen molar-refractivity contribution in [3.8, 4) is 17.2 Å². The number of alkyl halides is 3. The number of nitrogens with zero attached hydrogens (tertiary/aromatic N) is 4. The Kier molecular flexibility index (Phi) is 8.40. The summed E-state index contributed by atoms with van der Waals surface area (Å²) in [7, 11) is 1.78. The van der Waals surface area contributed by atoms with Crippen LogP contribution in [0.15, 0.2) is 88.8 Å². The van der Waals surface area contributed by atoms with E-state index in [1.165, 1.54) is 18.6 Å². The molecule has 1 aliphatic heterocycles. The quantitative estimate of drug-likeness (QED) is 0.204. The van der Waals surface area contributed by atoms with Gasteiger partial charge in [0, 0.05) is 31.0 Å². The molecule has 1 aliphatic carbocycles. The van der Waals surface area contributed by atoms with Crippen LogP contribution in [0, 0.1) is 0 Å². The summed E-state index contributed by atoms with van der Waals surface area (Å²) in [6.45, 7) is 0.747. The van der Waals surface area contributed by atoms with Gasteiger partial charge in [-0.15, -0.1) is 0 Å². The minimum atomic E-state index is -4.46. The van der Waals surface area contributed by atoms with Gasteiger partial charge in [-0.2, -0.15) is 13.2 Å². The highest BCUT2D eigenvalue weighted by Crippen LogP contribution is 2.37. The maximum Gasteiger partial charge on any atom is 0.416 e. The molecule has 1 saturated carbocycles. The van der Waals surface area contributed by atoms with Gasteiger partial charge in [-0.05, 0) is 67.4 Å². The zero-order valence-corrected chi connectivity index (χ0v) is 24.9. The number of carbonyl (C=O) groups excluding carboxylic acids is 1. The maximum absolute atomic E-state index is 13.9. The Labute approximate surface area is 257 Å². The van der Waals surface area contributed by atoms with E-state index in [0.717, 1.165) is 42.0 Å². The number of para-hydroxylation sites is 1. The normalized spacial score (nSPS) is 15.0. The van der Waals surface area contributed by atoms with E-state index >= 15 is 0 Å². The number of thioether (sulfide) groups is 1. The summed E-state index contributed by atoms with van der Waals surface area (Å²) in [6.07, 6.45) is -0.514. The molecule has 1 aromatic heterocycles. The lowest BCUT2D eigenvalue weighted by Gasteiger charge is -2.31. The monoisotopic (exact) mass is 620 g/mol. The van der Waals surface area contributed by atoms with Crippen LogP contribution in [0.1, 0.15) is 36.1 Å². The van der Waals surface area contributed by atoms with Gasteiger partial charge in [-0.1, -0.05) is 42.4 Å². The van der Waals surface area contributed by atoms with E-state index in [-0.39, 0.29) is 30.3 Å². The van der Waals surface area contributed by atoms with Crippen LogP contribution in [-0.2, 0) is 23.9 Å². The van der Waals surface area contributed by atoms with Crippen molar-refractivity contribution in [1.29, 1.82) is 0 Å². The number of likely N-dealkylation sites (N-methyl/N-ethyl adjacent to an activating group) is 1. The third-order valence-corrected chi connectivity index (χ3v) is 9.23. The molecule has 1 fully saturated rings. The summed E-state index contributed by atoms with van der Waals surface area (Å²) < 4.78 is 46.4. The lowest BCUT2D eigenvalue weighted by molar-refractivity contribution is -0.137. The van der Waals surface area contributed by atoms with Gasteiger partial charge < -0.3 is 14.5 Å². The highest BCUT2D eigenvalue weighted by molar-refractivity contribution is 7.99. The molecule has 0 radical (unpaired) electrons. The molecule has 4 aromatic rings. The van der Waals surface area contributed by atoms with E-state index in [4.69, 9.17) is 9.72 Å². The largest absolute Gasteiger partial charge is 0.457 e. The molecule has 2 aliphatic rings. The third kappa shape index (κ3) is 6.47. The van der Waals surface area contributed by atoms with Crippen molar-refractivity contribution in [3.05, 3.63) is 106 Å². The Morgan fingerprint density at radius 2 is 1.77 bits per heavy atom. The number of ether oxygens (including phenoxy) is 1. The summed E-state index contributed by atoms with van der Waals surface area (Å²) >= 11 is 1.67. The van der Waals surface area contributed by atoms with E-state index in [1.54, 1.807) is 57.4 Å². The average molecular weight is 621 g/mol. The topological polar surface area (TPSA) is 67.7 Å². The van der Waals surface area contributed by atoms with Crippen LogP contribution in [0.25, 0.3) is 5.69 Å². The third-order valence-electron chi connectivity index (χ3n) is 7.94. The molecular weight excluding hydrogens is 589 g/mol. The van der Waals surface area contributed by atoms with Gasteiger partial charge in [0.15, 0.2) is 5.16 Å². The summed E-state index contributed by atoms with van der Waals surface area (Å²) in [5.41, 5.74) is 1.89. The van der Waals surface area contributed by atoms with E-state index in [0.29, 0.717) is 34.7 Å². The van der Waals surface area contributed by atoms with Crippen LogP contribution in [0.2, 0.25) is 0 Å². The smallest absolute Gasteiger partial charge is 0.416 e. The van der Waals surface area contributed by atoms with Crippen molar-refractivity contribution in [2.24, 2.45) is 0 Å². The van der Waals surface area contributed by atoms with E-state index in [1.807, 2.05) is 30.3 Å². The molecule has 0 unspecified atom stereocenters. The van der Waals surface area contributed by atoms with Crippen molar-refractivity contribution in [2.45, 2.75) is 48.8 Å². The molecule has 3 aromatic carbocycles. The Hall–Kier alpha value is -4.25. The minimum Gasteiger partial charge on any atom is -0.457 e. The molecule has 2 heterocycles. The first-order valence-corrected chi connectivity index (χ1v) is 15.3. The first kappa shape index (κ1) is 29.8. The number of aromatic nitrogens is 2. The van der Waals surface area contributed by atoms with Crippen LogP contribution in [0.3, 0.4) is 0 Å². The lowest BCUT2D eigenvalue weighted by Crippen LogP contribution is -2.44. The molecular formula is C33H31F3N4O3S. The van der Waals surface area contributed by atoms with Crippen molar-refractivity contribution >= 4 is 23.4 Å². The second-order valence-electron chi connectivity index (χ2n) is 11.0. The predicted molar refractivity (Wildman–Crippen MR) is 164 cm³/mol. The van der Waals surface area contributed by atoms with Crippen LogP contribution in [-0.4, -0.2) is 45.7 Å². The average Bonchev–Trinajstić information content (AvgIpc) is 2.99. The summed E-state index contributed by atoms with van der Waals surface area (Å²) in [6, 6.07) is 21.0. The lowest BCUT2D eigenvalue weighted by atomic mass is 10.0. The molecule has 228 valence electrons. The van der Waals surface area contributed by atoms with Crippen LogP contribution in [0.5, 0.6) is 11.5 Å². The molecule has 0 saturated heterocycles. The summed E-state index contributed by atoms with van der Waals surface area (Å²) in [4.78, 5) is 35.6.